The fraction of sp³-hybridized carbons (Fsp3) is 1.00. The van der Waals surface area contributed by atoms with Crippen LogP contribution in [0.5, 0.6) is 0 Å². The van der Waals surface area contributed by atoms with Gasteiger partial charge in [-0.3, -0.25) is 0 Å². The van der Waals surface area contributed by atoms with Gasteiger partial charge in [-0.15, -0.1) is 0 Å². The number of hydrogen-bond acceptors (Lipinski definition) is 6. The standard InChI is InChI=1S/C6H14O6.Mg/c7-1-3(9)5(11)6(12)4(10)2-8;/h3-12H,1-2H2;/t3-,4-,5-,6-;/m1./s1. The van der Waals surface area contributed by atoms with Gasteiger partial charge in [-0.05, 0) is 0 Å². The van der Waals surface area contributed by atoms with Gasteiger partial charge in [-0.2, -0.15) is 0 Å². The van der Waals surface area contributed by atoms with Gasteiger partial charge in [-0.1, -0.05) is 0 Å². The summed E-state index contributed by atoms with van der Waals surface area (Å²) in [4.78, 5) is 0. The van der Waals surface area contributed by atoms with E-state index >= 15 is 0 Å². The molecule has 6 N–H and O–H groups in total. The first-order chi connectivity index (χ1) is 5.54. The molecule has 0 saturated carbocycles. The Morgan fingerprint density at radius 1 is 0.692 bits per heavy atom. The van der Waals surface area contributed by atoms with E-state index in [-0.39, 0.29) is 23.1 Å². The van der Waals surface area contributed by atoms with Crippen molar-refractivity contribution in [3.63, 3.8) is 0 Å². The third-order valence-electron chi connectivity index (χ3n) is 1.51. The predicted molar refractivity (Wildman–Crippen MR) is 44.0 cm³/mol. The maximum atomic E-state index is 8.96. The molecule has 0 aliphatic carbocycles. The van der Waals surface area contributed by atoms with Crippen molar-refractivity contribution in [1.29, 1.82) is 0 Å². The van der Waals surface area contributed by atoms with Crippen molar-refractivity contribution in [3.05, 3.63) is 0 Å². The summed E-state index contributed by atoms with van der Waals surface area (Å²) in [6.07, 6.45) is -6.39. The van der Waals surface area contributed by atoms with Gasteiger partial charge in [0.2, 0.25) is 0 Å². The Kier molecular flexibility index (Phi) is 9.69. The van der Waals surface area contributed by atoms with Crippen LogP contribution in [0.3, 0.4) is 0 Å². The second kappa shape index (κ2) is 7.89. The first-order valence-electron chi connectivity index (χ1n) is 3.48. The Labute approximate surface area is 91.6 Å². The Morgan fingerprint density at radius 3 is 1.08 bits per heavy atom. The molecule has 0 unspecified atom stereocenters. The van der Waals surface area contributed by atoms with Crippen LogP contribution in [-0.4, -0.2) is 91.3 Å². The average Bonchev–Trinajstić information content (AvgIpc) is 2.12. The highest BCUT2D eigenvalue weighted by molar-refractivity contribution is 5.75. The third-order valence-corrected chi connectivity index (χ3v) is 1.51. The lowest BCUT2D eigenvalue weighted by atomic mass is 10.0. The van der Waals surface area contributed by atoms with Crippen LogP contribution in [-0.2, 0) is 0 Å². The zero-order valence-electron chi connectivity index (χ0n) is 7.11. The molecule has 76 valence electrons. The Hall–Kier alpha value is 0.526. The van der Waals surface area contributed by atoms with Gasteiger partial charge in [0.15, 0.2) is 0 Å². The van der Waals surface area contributed by atoms with Crippen molar-refractivity contribution >= 4 is 23.1 Å². The highest BCUT2D eigenvalue weighted by Crippen LogP contribution is 2.03. The number of aliphatic hydroxyl groups is 6. The summed E-state index contributed by atoms with van der Waals surface area (Å²) in [5.74, 6) is 0. The third kappa shape index (κ3) is 5.08. The maximum absolute atomic E-state index is 8.96. The second-order valence-corrected chi connectivity index (χ2v) is 2.48. The van der Waals surface area contributed by atoms with Crippen LogP contribution in [0.2, 0.25) is 0 Å². The molecular weight excluding hydrogens is 192 g/mol. The topological polar surface area (TPSA) is 121 Å². The first-order valence-corrected chi connectivity index (χ1v) is 3.48. The highest BCUT2D eigenvalue weighted by Gasteiger charge is 2.29. The van der Waals surface area contributed by atoms with Gasteiger partial charge in [0.25, 0.3) is 0 Å². The number of rotatable bonds is 5. The first kappa shape index (κ1) is 16.0. The molecular formula is C6H14MgO6. The SMILES string of the molecule is OC[C@@H](O)[C@@H](O)[C@H](O)[C@H](O)CO.[Mg]. The van der Waals surface area contributed by atoms with Crippen LogP contribution in [0, 0.1) is 0 Å². The monoisotopic (exact) mass is 206 g/mol. The van der Waals surface area contributed by atoms with Crippen LogP contribution in [0.4, 0.5) is 0 Å². The predicted octanol–water partition coefficient (Wildman–Crippen LogP) is -3.97. The molecule has 0 rings (SSSR count). The molecule has 4 atom stereocenters. The van der Waals surface area contributed by atoms with E-state index in [1.807, 2.05) is 0 Å². The minimum Gasteiger partial charge on any atom is -0.394 e. The Morgan fingerprint density at radius 2 is 0.923 bits per heavy atom. The van der Waals surface area contributed by atoms with Crippen LogP contribution < -0.4 is 0 Å². The summed E-state index contributed by atoms with van der Waals surface area (Å²) in [6.45, 7) is -1.45. The molecule has 6 nitrogen and oxygen atoms in total. The summed E-state index contributed by atoms with van der Waals surface area (Å²) < 4.78 is 0. The van der Waals surface area contributed by atoms with Crippen LogP contribution in [0.15, 0.2) is 0 Å². The van der Waals surface area contributed by atoms with Crippen molar-refractivity contribution < 1.29 is 30.6 Å². The van der Waals surface area contributed by atoms with Crippen LogP contribution >= 0.6 is 0 Å². The van der Waals surface area contributed by atoms with Crippen LogP contribution in [0.1, 0.15) is 0 Å². The summed E-state index contributed by atoms with van der Waals surface area (Å²) in [7, 11) is 0. The second-order valence-electron chi connectivity index (χ2n) is 2.48. The van der Waals surface area contributed by atoms with E-state index in [0.29, 0.717) is 0 Å². The van der Waals surface area contributed by atoms with Gasteiger partial charge < -0.3 is 30.6 Å². The number of hydrogen-bond donors (Lipinski definition) is 6. The van der Waals surface area contributed by atoms with Gasteiger partial charge in [0.05, 0.1) is 13.2 Å². The van der Waals surface area contributed by atoms with E-state index in [2.05, 4.69) is 0 Å². The average molecular weight is 206 g/mol. The quantitative estimate of drug-likeness (QED) is 0.255. The summed E-state index contributed by atoms with van der Waals surface area (Å²) in [5.41, 5.74) is 0. The van der Waals surface area contributed by atoms with E-state index < -0.39 is 37.6 Å². The van der Waals surface area contributed by atoms with Crippen molar-refractivity contribution in [2.24, 2.45) is 0 Å². The van der Waals surface area contributed by atoms with Gasteiger partial charge in [0.1, 0.15) is 24.4 Å². The number of aliphatic hydroxyl groups excluding tert-OH is 6. The maximum Gasteiger partial charge on any atom is 0.111 e. The van der Waals surface area contributed by atoms with E-state index in [1.54, 1.807) is 0 Å². The molecule has 0 aliphatic rings. The van der Waals surface area contributed by atoms with E-state index in [1.165, 1.54) is 0 Å². The van der Waals surface area contributed by atoms with Crippen molar-refractivity contribution in [2.45, 2.75) is 24.4 Å². The lowest BCUT2D eigenvalue weighted by Crippen LogP contribution is -2.46. The van der Waals surface area contributed by atoms with Gasteiger partial charge >= 0.3 is 0 Å². The van der Waals surface area contributed by atoms with Crippen molar-refractivity contribution in [2.75, 3.05) is 13.2 Å². The van der Waals surface area contributed by atoms with E-state index in [9.17, 15) is 0 Å². The summed E-state index contributed by atoms with van der Waals surface area (Å²) >= 11 is 0. The molecule has 0 aromatic carbocycles. The van der Waals surface area contributed by atoms with Gasteiger partial charge in [-0.25, -0.2) is 0 Å². The van der Waals surface area contributed by atoms with E-state index in [4.69, 9.17) is 30.6 Å². The van der Waals surface area contributed by atoms with Crippen molar-refractivity contribution in [3.8, 4) is 0 Å². The molecule has 0 aromatic rings. The molecule has 0 saturated heterocycles. The van der Waals surface area contributed by atoms with Gasteiger partial charge in [0, 0.05) is 23.1 Å². The zero-order chi connectivity index (χ0) is 9.72. The molecule has 7 heteroatoms. The molecule has 13 heavy (non-hydrogen) atoms. The molecule has 2 radical (unpaired) electrons. The molecule has 0 amide bonds. The molecule has 0 fully saturated rings. The normalized spacial score (nSPS) is 19.8. The van der Waals surface area contributed by atoms with Crippen LogP contribution in [0.25, 0.3) is 0 Å². The zero-order valence-corrected chi connectivity index (χ0v) is 8.53. The largest absolute Gasteiger partial charge is 0.394 e. The summed E-state index contributed by atoms with van der Waals surface area (Å²) in [5, 5.41) is 52.2. The fourth-order valence-electron chi connectivity index (χ4n) is 0.671. The summed E-state index contributed by atoms with van der Waals surface area (Å²) in [6, 6.07) is 0. The molecule has 0 aliphatic heterocycles. The lowest BCUT2D eigenvalue weighted by molar-refractivity contribution is -0.123. The smallest absolute Gasteiger partial charge is 0.111 e. The molecule has 0 heterocycles. The highest BCUT2D eigenvalue weighted by atomic mass is 24.3. The Balaban J connectivity index is 0. The molecule has 0 spiro atoms. The molecule has 0 bridgehead atoms. The fourth-order valence-corrected chi connectivity index (χ4v) is 0.671. The van der Waals surface area contributed by atoms with Crippen molar-refractivity contribution in [1.82, 2.24) is 0 Å². The van der Waals surface area contributed by atoms with E-state index in [0.717, 1.165) is 0 Å². The lowest BCUT2D eigenvalue weighted by Gasteiger charge is -2.24. The minimum absolute atomic E-state index is 0. The molecule has 0 aromatic heterocycles. The Bertz CT molecular complexity index is 110. The minimum atomic E-state index is -1.67.